The van der Waals surface area contributed by atoms with Crippen molar-refractivity contribution in [2.75, 3.05) is 10.6 Å². The number of hydrogen-bond donors (Lipinski definition) is 2. The molecule has 108 valence electrons. The third-order valence-corrected chi connectivity index (χ3v) is 4.05. The average Bonchev–Trinajstić information content (AvgIpc) is 2.91. The van der Waals surface area contributed by atoms with Crippen LogP contribution in [0.25, 0.3) is 0 Å². The number of fused-ring (bicyclic) bond motifs is 1. The van der Waals surface area contributed by atoms with E-state index in [0.717, 1.165) is 18.5 Å². The first kappa shape index (κ1) is 14.3. The van der Waals surface area contributed by atoms with E-state index in [4.69, 9.17) is 23.8 Å². The maximum Gasteiger partial charge on any atom is 0.175 e. The fraction of sp³-hybridized carbons (Fsp3) is 0.188. The van der Waals surface area contributed by atoms with Gasteiger partial charge in [0.15, 0.2) is 10.9 Å². The molecular formula is C16H14ClFN2S. The van der Waals surface area contributed by atoms with Crippen LogP contribution in [0, 0.1) is 5.82 Å². The van der Waals surface area contributed by atoms with E-state index in [0.29, 0.717) is 5.11 Å². The molecule has 1 aliphatic rings. The Labute approximate surface area is 133 Å². The molecule has 0 amide bonds. The van der Waals surface area contributed by atoms with Crippen molar-refractivity contribution >= 4 is 40.3 Å². The predicted octanol–water partition coefficient (Wildman–Crippen LogP) is 4.78. The topological polar surface area (TPSA) is 24.1 Å². The number of halogens is 2. The highest BCUT2D eigenvalue weighted by atomic mass is 35.5. The molecule has 0 spiro atoms. The Morgan fingerprint density at radius 2 is 1.90 bits per heavy atom. The zero-order valence-electron chi connectivity index (χ0n) is 11.2. The number of rotatable bonds is 2. The summed E-state index contributed by atoms with van der Waals surface area (Å²) in [6, 6.07) is 11.0. The lowest BCUT2D eigenvalue weighted by atomic mass is 10.1. The maximum atomic E-state index is 13.8. The van der Waals surface area contributed by atoms with E-state index in [-0.39, 0.29) is 10.7 Å². The minimum absolute atomic E-state index is 0.0698. The molecule has 0 fully saturated rings. The van der Waals surface area contributed by atoms with Gasteiger partial charge in [-0.25, -0.2) is 4.39 Å². The van der Waals surface area contributed by atoms with Gasteiger partial charge in [0.1, 0.15) is 0 Å². The Morgan fingerprint density at radius 3 is 2.76 bits per heavy atom. The molecule has 2 nitrogen and oxygen atoms in total. The molecule has 0 bridgehead atoms. The van der Waals surface area contributed by atoms with Crippen LogP contribution in [0.3, 0.4) is 0 Å². The molecular weight excluding hydrogens is 307 g/mol. The van der Waals surface area contributed by atoms with E-state index in [1.54, 1.807) is 12.1 Å². The lowest BCUT2D eigenvalue weighted by Crippen LogP contribution is -2.19. The molecule has 2 aromatic rings. The standard InChI is InChI=1S/C16H14ClFN2S/c17-13-5-2-6-14(15(13)18)20-16(21)19-12-8-7-10-3-1-4-11(10)9-12/h2,5-9H,1,3-4H2,(H2,19,20,21). The Kier molecular flexibility index (Phi) is 4.08. The molecule has 1 aliphatic carbocycles. The van der Waals surface area contributed by atoms with Crippen LogP contribution in [0.1, 0.15) is 17.5 Å². The van der Waals surface area contributed by atoms with Crippen LogP contribution in [-0.4, -0.2) is 5.11 Å². The molecule has 0 heterocycles. The molecule has 0 aliphatic heterocycles. The zero-order valence-corrected chi connectivity index (χ0v) is 12.8. The van der Waals surface area contributed by atoms with Crippen LogP contribution in [0.15, 0.2) is 36.4 Å². The number of hydrogen-bond acceptors (Lipinski definition) is 1. The van der Waals surface area contributed by atoms with Crippen molar-refractivity contribution in [2.24, 2.45) is 0 Å². The summed E-state index contributed by atoms with van der Waals surface area (Å²) in [6.07, 6.45) is 3.45. The van der Waals surface area contributed by atoms with Crippen LogP contribution in [0.5, 0.6) is 0 Å². The molecule has 2 N–H and O–H groups in total. The second-order valence-electron chi connectivity index (χ2n) is 5.02. The summed E-state index contributed by atoms with van der Waals surface area (Å²) in [6.45, 7) is 0. The van der Waals surface area contributed by atoms with Gasteiger partial charge in [0.25, 0.3) is 0 Å². The summed E-state index contributed by atoms with van der Waals surface area (Å²) in [5, 5.41) is 6.32. The number of benzene rings is 2. The fourth-order valence-electron chi connectivity index (χ4n) is 2.53. The van der Waals surface area contributed by atoms with Crippen molar-refractivity contribution in [3.05, 3.63) is 58.4 Å². The first-order chi connectivity index (χ1) is 10.1. The van der Waals surface area contributed by atoms with Crippen LogP contribution in [-0.2, 0) is 12.8 Å². The van der Waals surface area contributed by atoms with Crippen molar-refractivity contribution in [1.29, 1.82) is 0 Å². The smallest absolute Gasteiger partial charge is 0.175 e. The first-order valence-corrected chi connectivity index (χ1v) is 7.56. The first-order valence-electron chi connectivity index (χ1n) is 6.77. The van der Waals surface area contributed by atoms with Gasteiger partial charge >= 0.3 is 0 Å². The van der Waals surface area contributed by atoms with Crippen molar-refractivity contribution in [3.63, 3.8) is 0 Å². The summed E-state index contributed by atoms with van der Waals surface area (Å²) >= 11 is 11.0. The van der Waals surface area contributed by atoms with E-state index in [1.165, 1.54) is 23.6 Å². The lowest BCUT2D eigenvalue weighted by Gasteiger charge is -2.12. The van der Waals surface area contributed by atoms with Crippen molar-refractivity contribution in [3.8, 4) is 0 Å². The zero-order chi connectivity index (χ0) is 14.8. The Balaban J connectivity index is 1.70. The minimum atomic E-state index is -0.503. The summed E-state index contributed by atoms with van der Waals surface area (Å²) < 4.78 is 13.8. The normalized spacial score (nSPS) is 12.9. The van der Waals surface area contributed by atoms with Crippen molar-refractivity contribution in [1.82, 2.24) is 0 Å². The number of anilines is 2. The van der Waals surface area contributed by atoms with Crippen molar-refractivity contribution < 1.29 is 4.39 Å². The Hall–Kier alpha value is -1.65. The summed E-state index contributed by atoms with van der Waals surface area (Å²) in [4.78, 5) is 0. The van der Waals surface area contributed by atoms with Crippen LogP contribution in [0.2, 0.25) is 5.02 Å². The molecule has 21 heavy (non-hydrogen) atoms. The summed E-state index contributed by atoms with van der Waals surface area (Å²) in [7, 11) is 0. The second-order valence-corrected chi connectivity index (χ2v) is 5.83. The van der Waals surface area contributed by atoms with Crippen LogP contribution < -0.4 is 10.6 Å². The maximum absolute atomic E-state index is 13.8. The molecule has 2 aromatic carbocycles. The summed E-state index contributed by atoms with van der Waals surface area (Å²) in [5.74, 6) is -0.503. The molecule has 0 atom stereocenters. The van der Waals surface area contributed by atoms with Gasteiger partial charge in [0, 0.05) is 5.69 Å². The van der Waals surface area contributed by atoms with E-state index in [9.17, 15) is 4.39 Å². The average molecular weight is 321 g/mol. The molecule has 0 saturated carbocycles. The van der Waals surface area contributed by atoms with Gasteiger partial charge in [-0.2, -0.15) is 0 Å². The second kappa shape index (κ2) is 6.00. The van der Waals surface area contributed by atoms with Gasteiger partial charge in [-0.3, -0.25) is 0 Å². The third-order valence-electron chi connectivity index (χ3n) is 3.56. The Morgan fingerprint density at radius 1 is 1.10 bits per heavy atom. The third kappa shape index (κ3) is 3.17. The van der Waals surface area contributed by atoms with Crippen LogP contribution in [0.4, 0.5) is 15.8 Å². The monoisotopic (exact) mass is 320 g/mol. The molecule has 5 heteroatoms. The molecule has 3 rings (SSSR count). The predicted molar refractivity (Wildman–Crippen MR) is 89.7 cm³/mol. The number of aryl methyl sites for hydroxylation is 2. The highest BCUT2D eigenvalue weighted by Gasteiger charge is 2.12. The van der Waals surface area contributed by atoms with Gasteiger partial charge in [0.2, 0.25) is 0 Å². The number of thiocarbonyl (C=S) groups is 1. The van der Waals surface area contributed by atoms with E-state index in [1.807, 2.05) is 6.07 Å². The highest BCUT2D eigenvalue weighted by molar-refractivity contribution is 7.80. The van der Waals surface area contributed by atoms with E-state index >= 15 is 0 Å². The largest absolute Gasteiger partial charge is 0.332 e. The Bertz CT molecular complexity index is 703. The number of nitrogens with one attached hydrogen (secondary N) is 2. The minimum Gasteiger partial charge on any atom is -0.332 e. The van der Waals surface area contributed by atoms with Gasteiger partial charge in [-0.05, 0) is 66.9 Å². The van der Waals surface area contributed by atoms with E-state index < -0.39 is 5.82 Å². The highest BCUT2D eigenvalue weighted by Crippen LogP contribution is 2.25. The van der Waals surface area contributed by atoms with Gasteiger partial charge in [0.05, 0.1) is 10.7 Å². The molecule has 0 aromatic heterocycles. The van der Waals surface area contributed by atoms with Gasteiger partial charge in [-0.15, -0.1) is 0 Å². The molecule has 0 unspecified atom stereocenters. The van der Waals surface area contributed by atoms with Gasteiger partial charge < -0.3 is 10.6 Å². The van der Waals surface area contributed by atoms with Gasteiger partial charge in [-0.1, -0.05) is 23.7 Å². The lowest BCUT2D eigenvalue weighted by molar-refractivity contribution is 0.632. The summed E-state index contributed by atoms with van der Waals surface area (Å²) in [5.41, 5.74) is 3.94. The fourth-order valence-corrected chi connectivity index (χ4v) is 2.94. The van der Waals surface area contributed by atoms with Crippen molar-refractivity contribution in [2.45, 2.75) is 19.3 Å². The quantitative estimate of drug-likeness (QED) is 0.779. The van der Waals surface area contributed by atoms with Crippen LogP contribution >= 0.6 is 23.8 Å². The molecule has 0 saturated heterocycles. The SMILES string of the molecule is Fc1c(Cl)cccc1NC(=S)Nc1ccc2c(c1)CCC2. The molecule has 0 radical (unpaired) electrons. The van der Waals surface area contributed by atoms with E-state index in [2.05, 4.69) is 22.8 Å².